The van der Waals surface area contributed by atoms with Gasteiger partial charge in [-0.1, -0.05) is 41.6 Å². The highest BCUT2D eigenvalue weighted by Crippen LogP contribution is 2.25. The van der Waals surface area contributed by atoms with Crippen molar-refractivity contribution in [1.82, 2.24) is 5.16 Å². The molecular formula is C19H17N3O6S. The normalized spacial score (nSPS) is 11.1. The van der Waals surface area contributed by atoms with Crippen LogP contribution in [0.2, 0.25) is 0 Å². The van der Waals surface area contributed by atoms with Gasteiger partial charge in [0.2, 0.25) is 10.0 Å². The lowest BCUT2D eigenvalue weighted by atomic mass is 10.1. The second-order valence-electron chi connectivity index (χ2n) is 6.03. The Bertz CT molecular complexity index is 1160. The molecule has 1 amide bonds. The molecule has 0 aliphatic heterocycles. The second-order valence-corrected chi connectivity index (χ2v) is 7.59. The molecule has 0 saturated heterocycles. The van der Waals surface area contributed by atoms with E-state index in [9.17, 15) is 18.0 Å². The molecule has 0 aliphatic rings. The quantitative estimate of drug-likeness (QED) is 0.587. The van der Waals surface area contributed by atoms with Gasteiger partial charge in [0.05, 0.1) is 4.90 Å². The summed E-state index contributed by atoms with van der Waals surface area (Å²) >= 11 is 0. The number of primary sulfonamides is 1. The Morgan fingerprint density at radius 3 is 2.55 bits per heavy atom. The number of nitrogens with one attached hydrogen (secondary N) is 1. The molecule has 3 N–H and O–H groups in total. The zero-order valence-electron chi connectivity index (χ0n) is 15.3. The molecular weight excluding hydrogens is 398 g/mol. The van der Waals surface area contributed by atoms with Crippen molar-refractivity contribution in [1.29, 1.82) is 0 Å². The summed E-state index contributed by atoms with van der Waals surface area (Å²) < 4.78 is 32.9. The van der Waals surface area contributed by atoms with E-state index < -0.39 is 28.5 Å². The Balaban J connectivity index is 1.68. The van der Waals surface area contributed by atoms with Crippen LogP contribution in [0.3, 0.4) is 0 Å². The highest BCUT2D eigenvalue weighted by atomic mass is 32.2. The number of aromatic nitrogens is 1. The Labute approximate surface area is 166 Å². The Kier molecular flexibility index (Phi) is 5.76. The number of benzene rings is 2. The van der Waals surface area contributed by atoms with E-state index in [0.717, 1.165) is 0 Å². The fourth-order valence-electron chi connectivity index (χ4n) is 2.56. The van der Waals surface area contributed by atoms with Crippen molar-refractivity contribution in [2.75, 3.05) is 11.9 Å². The van der Waals surface area contributed by atoms with Crippen molar-refractivity contribution in [3.63, 3.8) is 0 Å². The predicted molar refractivity (Wildman–Crippen MR) is 103 cm³/mol. The molecule has 150 valence electrons. The van der Waals surface area contributed by atoms with Gasteiger partial charge in [-0.2, -0.15) is 0 Å². The summed E-state index contributed by atoms with van der Waals surface area (Å²) in [6.45, 7) is 0.978. The van der Waals surface area contributed by atoms with E-state index in [1.807, 2.05) is 6.07 Å². The van der Waals surface area contributed by atoms with E-state index in [-0.39, 0.29) is 21.9 Å². The first-order valence-electron chi connectivity index (χ1n) is 8.37. The van der Waals surface area contributed by atoms with Crippen molar-refractivity contribution >= 4 is 27.6 Å². The van der Waals surface area contributed by atoms with Crippen LogP contribution in [-0.2, 0) is 19.6 Å². The lowest BCUT2D eigenvalue weighted by molar-refractivity contribution is -0.119. The first-order valence-corrected chi connectivity index (χ1v) is 9.92. The van der Waals surface area contributed by atoms with E-state index in [4.69, 9.17) is 14.4 Å². The van der Waals surface area contributed by atoms with Crippen molar-refractivity contribution in [3.05, 3.63) is 65.9 Å². The number of carbonyl (C=O) groups excluding carboxylic acids is 2. The molecule has 0 unspecified atom stereocenters. The SMILES string of the molecule is Cc1onc(-c2ccccc2)c1C(=O)OCC(=O)Nc1cccc(S(N)(=O)=O)c1. The van der Waals surface area contributed by atoms with E-state index in [1.54, 1.807) is 31.2 Å². The lowest BCUT2D eigenvalue weighted by Gasteiger charge is -2.08. The van der Waals surface area contributed by atoms with Crippen molar-refractivity contribution < 1.29 is 27.3 Å². The maximum absolute atomic E-state index is 12.5. The first kappa shape index (κ1) is 20.2. The van der Waals surface area contributed by atoms with Gasteiger partial charge in [0.25, 0.3) is 5.91 Å². The van der Waals surface area contributed by atoms with Crippen molar-refractivity contribution in [2.24, 2.45) is 5.14 Å². The summed E-state index contributed by atoms with van der Waals surface area (Å²) in [5, 5.41) is 11.4. The summed E-state index contributed by atoms with van der Waals surface area (Å²) in [5.74, 6) is -1.16. The number of ether oxygens (including phenoxy) is 1. The standard InChI is InChI=1S/C19H17N3O6S/c1-12-17(18(22-28-12)13-6-3-2-4-7-13)19(24)27-11-16(23)21-14-8-5-9-15(10-14)29(20,25)26/h2-10H,11H2,1H3,(H,21,23)(H2,20,25,26). The molecule has 29 heavy (non-hydrogen) atoms. The molecule has 0 aliphatic carbocycles. The second kappa shape index (κ2) is 8.25. The van der Waals surface area contributed by atoms with Crippen LogP contribution in [0.15, 0.2) is 64.0 Å². The zero-order valence-corrected chi connectivity index (χ0v) is 16.1. The van der Waals surface area contributed by atoms with Crippen LogP contribution >= 0.6 is 0 Å². The topological polar surface area (TPSA) is 142 Å². The molecule has 0 bridgehead atoms. The largest absolute Gasteiger partial charge is 0.452 e. The molecule has 1 aromatic heterocycles. The number of hydrogen-bond acceptors (Lipinski definition) is 7. The Hall–Kier alpha value is -3.50. The number of carbonyl (C=O) groups is 2. The smallest absolute Gasteiger partial charge is 0.344 e. The third kappa shape index (κ3) is 4.86. The van der Waals surface area contributed by atoms with Gasteiger partial charge in [-0.15, -0.1) is 0 Å². The number of hydrogen-bond donors (Lipinski definition) is 2. The van der Waals surface area contributed by atoms with Gasteiger partial charge in [-0.3, -0.25) is 4.79 Å². The summed E-state index contributed by atoms with van der Waals surface area (Å²) in [6, 6.07) is 14.3. The van der Waals surface area contributed by atoms with Crippen LogP contribution in [0.4, 0.5) is 5.69 Å². The highest BCUT2D eigenvalue weighted by Gasteiger charge is 2.23. The average Bonchev–Trinajstić information content (AvgIpc) is 3.08. The number of anilines is 1. The van der Waals surface area contributed by atoms with E-state index in [0.29, 0.717) is 11.3 Å². The maximum atomic E-state index is 12.5. The molecule has 1 heterocycles. The fourth-order valence-corrected chi connectivity index (χ4v) is 3.12. The number of nitrogens with two attached hydrogens (primary N) is 1. The predicted octanol–water partition coefficient (Wildman–Crippen LogP) is 2.09. The molecule has 3 aromatic rings. The minimum Gasteiger partial charge on any atom is -0.452 e. The third-order valence-corrected chi connectivity index (χ3v) is 4.81. The molecule has 10 heteroatoms. The van der Waals surface area contributed by atoms with Crippen molar-refractivity contribution in [3.8, 4) is 11.3 Å². The summed E-state index contributed by atoms with van der Waals surface area (Å²) in [4.78, 5) is 24.4. The first-order chi connectivity index (χ1) is 13.8. The third-order valence-electron chi connectivity index (χ3n) is 3.89. The van der Waals surface area contributed by atoms with Crippen LogP contribution in [-0.4, -0.2) is 32.1 Å². The maximum Gasteiger partial charge on any atom is 0.344 e. The zero-order chi connectivity index (χ0) is 21.0. The van der Waals surface area contributed by atoms with E-state index in [1.165, 1.54) is 24.3 Å². The number of nitrogens with zero attached hydrogens (tertiary/aromatic N) is 1. The molecule has 3 rings (SSSR count). The Morgan fingerprint density at radius 1 is 1.14 bits per heavy atom. The number of rotatable bonds is 6. The number of esters is 1. The van der Waals surface area contributed by atoms with Gasteiger partial charge in [-0.05, 0) is 25.1 Å². The number of sulfonamides is 1. The molecule has 0 fully saturated rings. The van der Waals surface area contributed by atoms with E-state index in [2.05, 4.69) is 10.5 Å². The number of aryl methyl sites for hydroxylation is 1. The van der Waals surface area contributed by atoms with Crippen molar-refractivity contribution in [2.45, 2.75) is 11.8 Å². The monoisotopic (exact) mass is 415 g/mol. The molecule has 0 atom stereocenters. The van der Waals surface area contributed by atoms with Crippen LogP contribution in [0.5, 0.6) is 0 Å². The molecule has 0 radical (unpaired) electrons. The minimum absolute atomic E-state index is 0.125. The van der Waals surface area contributed by atoms with Gasteiger partial charge >= 0.3 is 5.97 Å². The van der Waals surface area contributed by atoms with Crippen LogP contribution < -0.4 is 10.5 Å². The number of amides is 1. The van der Waals surface area contributed by atoms with Crippen LogP contribution in [0.25, 0.3) is 11.3 Å². The van der Waals surface area contributed by atoms with Gasteiger partial charge < -0.3 is 14.6 Å². The lowest BCUT2D eigenvalue weighted by Crippen LogP contribution is -2.21. The average molecular weight is 415 g/mol. The highest BCUT2D eigenvalue weighted by molar-refractivity contribution is 7.89. The molecule has 2 aromatic carbocycles. The Morgan fingerprint density at radius 2 is 1.86 bits per heavy atom. The summed E-state index contributed by atoms with van der Waals surface area (Å²) in [7, 11) is -3.91. The summed E-state index contributed by atoms with van der Waals surface area (Å²) in [6.07, 6.45) is 0. The van der Waals surface area contributed by atoms with Gasteiger partial charge in [0.15, 0.2) is 6.61 Å². The van der Waals surface area contributed by atoms with Gasteiger partial charge in [0, 0.05) is 11.3 Å². The fraction of sp³-hybridized carbons (Fsp3) is 0.105. The minimum atomic E-state index is -3.91. The molecule has 0 spiro atoms. The van der Waals surface area contributed by atoms with Crippen LogP contribution in [0.1, 0.15) is 16.1 Å². The van der Waals surface area contributed by atoms with Gasteiger partial charge in [0.1, 0.15) is 17.0 Å². The van der Waals surface area contributed by atoms with Crippen LogP contribution in [0, 0.1) is 6.92 Å². The van der Waals surface area contributed by atoms with Gasteiger partial charge in [-0.25, -0.2) is 18.4 Å². The van der Waals surface area contributed by atoms with E-state index >= 15 is 0 Å². The summed E-state index contributed by atoms with van der Waals surface area (Å²) in [5.41, 5.74) is 1.30. The molecule has 0 saturated carbocycles. The molecule has 9 nitrogen and oxygen atoms in total.